The second-order valence-electron chi connectivity index (χ2n) is 8.31. The molecule has 4 aromatic rings. The van der Waals surface area contributed by atoms with E-state index >= 15 is 0 Å². The van der Waals surface area contributed by atoms with Crippen LogP contribution in [0.15, 0.2) is 59.7 Å². The van der Waals surface area contributed by atoms with E-state index in [0.29, 0.717) is 11.3 Å². The summed E-state index contributed by atoms with van der Waals surface area (Å²) in [6.07, 6.45) is 6.12. The van der Waals surface area contributed by atoms with Gasteiger partial charge in [0.2, 0.25) is 17.3 Å². The quantitative estimate of drug-likeness (QED) is 0.407. The van der Waals surface area contributed by atoms with Crippen molar-refractivity contribution >= 4 is 34.5 Å². The van der Waals surface area contributed by atoms with Gasteiger partial charge in [-0.25, -0.2) is 4.98 Å². The first-order chi connectivity index (χ1) is 16.4. The predicted octanol–water partition coefficient (Wildman–Crippen LogP) is 2.14. The average molecular weight is 454 g/mol. The molecule has 34 heavy (non-hydrogen) atoms. The lowest BCUT2D eigenvalue weighted by molar-refractivity contribution is -0.117. The Labute approximate surface area is 194 Å². The first-order valence-electron chi connectivity index (χ1n) is 10.9. The third-order valence-corrected chi connectivity index (χ3v) is 5.96. The number of rotatable bonds is 6. The van der Waals surface area contributed by atoms with Crippen molar-refractivity contribution in [1.82, 2.24) is 14.5 Å². The number of nitrogens with one attached hydrogen (secondary N) is 1. The fourth-order valence-electron chi connectivity index (χ4n) is 4.29. The first-order valence-corrected chi connectivity index (χ1v) is 10.9. The van der Waals surface area contributed by atoms with Gasteiger partial charge < -0.3 is 21.4 Å². The average Bonchev–Trinajstić information content (AvgIpc) is 3.28. The Morgan fingerprint density at radius 2 is 1.79 bits per heavy atom. The topological polar surface area (TPSA) is 146 Å². The fraction of sp³-hybridized carbons (Fsp3) is 0.160. The zero-order valence-corrected chi connectivity index (χ0v) is 18.2. The van der Waals surface area contributed by atoms with Crippen LogP contribution in [0.2, 0.25) is 0 Å². The highest BCUT2D eigenvalue weighted by Crippen LogP contribution is 2.26. The van der Waals surface area contributed by atoms with Gasteiger partial charge >= 0.3 is 0 Å². The maximum Gasteiger partial charge on any atom is 0.254 e. The van der Waals surface area contributed by atoms with Crippen LogP contribution >= 0.6 is 0 Å². The van der Waals surface area contributed by atoms with Crippen LogP contribution in [0.5, 0.6) is 0 Å². The lowest BCUT2D eigenvalue weighted by Crippen LogP contribution is -2.24. The molecule has 0 fully saturated rings. The lowest BCUT2D eigenvalue weighted by Gasteiger charge is -2.14. The molecule has 0 aliphatic heterocycles. The van der Waals surface area contributed by atoms with E-state index in [1.54, 1.807) is 28.8 Å². The maximum absolute atomic E-state index is 12.9. The number of pyridine rings is 1. The first kappa shape index (κ1) is 21.3. The minimum Gasteiger partial charge on any atom is -0.369 e. The van der Waals surface area contributed by atoms with Gasteiger partial charge in [0, 0.05) is 23.8 Å². The van der Waals surface area contributed by atoms with Crippen molar-refractivity contribution < 1.29 is 9.59 Å². The molecule has 1 aliphatic rings. The van der Waals surface area contributed by atoms with Crippen LogP contribution in [0.25, 0.3) is 16.7 Å². The van der Waals surface area contributed by atoms with Gasteiger partial charge in [-0.1, -0.05) is 18.2 Å². The van der Waals surface area contributed by atoms with Crippen LogP contribution in [-0.2, 0) is 24.1 Å². The summed E-state index contributed by atoms with van der Waals surface area (Å²) in [7, 11) is 0. The van der Waals surface area contributed by atoms with Crippen molar-refractivity contribution in [2.75, 3.05) is 5.32 Å². The van der Waals surface area contributed by atoms with E-state index in [-0.39, 0.29) is 23.3 Å². The molecule has 5 N–H and O–H groups in total. The number of nitrogens with two attached hydrogens (primary N) is 2. The molecule has 0 saturated heterocycles. The summed E-state index contributed by atoms with van der Waals surface area (Å²) in [5.74, 6) is -0.935. The molecule has 0 radical (unpaired) electrons. The zero-order chi connectivity index (χ0) is 23.8. The van der Waals surface area contributed by atoms with E-state index in [1.165, 1.54) is 23.5 Å². The van der Waals surface area contributed by atoms with Crippen molar-refractivity contribution in [2.45, 2.75) is 25.7 Å². The van der Waals surface area contributed by atoms with Gasteiger partial charge in [0.1, 0.15) is 5.56 Å². The molecular formula is C25H22N6O3. The molecule has 2 aromatic heterocycles. The van der Waals surface area contributed by atoms with E-state index in [2.05, 4.69) is 27.4 Å². The van der Waals surface area contributed by atoms with Crippen molar-refractivity contribution in [3.63, 3.8) is 0 Å². The SMILES string of the molecule is NC(=O)Cc1ccc(Nc2ncc3c(=O)c(C(N)=O)cn(-c4ccc5c(c4)CCC5)c3n2)cc1. The summed E-state index contributed by atoms with van der Waals surface area (Å²) in [6.45, 7) is 0. The molecular weight excluding hydrogens is 432 g/mol. The van der Waals surface area contributed by atoms with Gasteiger partial charge in [0.25, 0.3) is 5.91 Å². The second kappa shape index (κ2) is 8.43. The molecule has 170 valence electrons. The van der Waals surface area contributed by atoms with Gasteiger partial charge in [0.05, 0.1) is 11.8 Å². The van der Waals surface area contributed by atoms with E-state index < -0.39 is 17.2 Å². The van der Waals surface area contributed by atoms with E-state index in [9.17, 15) is 14.4 Å². The highest BCUT2D eigenvalue weighted by atomic mass is 16.2. The van der Waals surface area contributed by atoms with Crippen LogP contribution in [-0.4, -0.2) is 26.3 Å². The van der Waals surface area contributed by atoms with Gasteiger partial charge in [-0.2, -0.15) is 4.98 Å². The molecule has 0 spiro atoms. The molecule has 0 atom stereocenters. The number of carbonyl (C=O) groups excluding carboxylic acids is 2. The Morgan fingerprint density at radius 1 is 1.03 bits per heavy atom. The number of benzene rings is 2. The number of carbonyl (C=O) groups is 2. The van der Waals surface area contributed by atoms with Crippen LogP contribution in [0.1, 0.15) is 33.5 Å². The summed E-state index contributed by atoms with van der Waals surface area (Å²) in [5.41, 5.74) is 15.3. The Kier molecular flexibility index (Phi) is 5.29. The number of fused-ring (bicyclic) bond motifs is 2. The normalized spacial score (nSPS) is 12.5. The Morgan fingerprint density at radius 3 is 2.53 bits per heavy atom. The van der Waals surface area contributed by atoms with Gasteiger partial charge in [-0.05, 0) is 60.2 Å². The molecule has 0 unspecified atom stereocenters. The number of primary amides is 2. The standard InChI is InChI=1S/C25H22N6O3/c26-21(32)10-14-4-7-17(8-5-14)29-25-28-12-19-22(33)20(23(27)34)13-31(24(19)30-25)18-9-6-15-2-1-3-16(15)11-18/h4-9,11-13H,1-3,10H2,(H2,26,32)(H2,27,34)(H,28,29,30). The van der Waals surface area contributed by atoms with E-state index in [0.717, 1.165) is 30.5 Å². The molecule has 2 amide bonds. The fourth-order valence-corrected chi connectivity index (χ4v) is 4.29. The minimum absolute atomic E-state index is 0.123. The van der Waals surface area contributed by atoms with Crippen LogP contribution in [0.3, 0.4) is 0 Å². The summed E-state index contributed by atoms with van der Waals surface area (Å²) in [6, 6.07) is 13.2. The molecule has 9 nitrogen and oxygen atoms in total. The summed E-state index contributed by atoms with van der Waals surface area (Å²) >= 11 is 0. The third kappa shape index (κ3) is 3.99. The monoisotopic (exact) mass is 454 g/mol. The highest BCUT2D eigenvalue weighted by Gasteiger charge is 2.18. The highest BCUT2D eigenvalue weighted by molar-refractivity contribution is 5.96. The number of aromatic nitrogens is 3. The number of hydrogen-bond acceptors (Lipinski definition) is 6. The zero-order valence-electron chi connectivity index (χ0n) is 18.2. The number of nitrogens with zero attached hydrogens (tertiary/aromatic N) is 3. The van der Waals surface area contributed by atoms with Crippen molar-refractivity contribution in [1.29, 1.82) is 0 Å². The Hall–Kier alpha value is -4.53. The van der Waals surface area contributed by atoms with Crippen LogP contribution in [0, 0.1) is 0 Å². The molecule has 2 heterocycles. The Bertz CT molecular complexity index is 1510. The van der Waals surface area contributed by atoms with Crippen LogP contribution in [0.4, 0.5) is 11.6 Å². The summed E-state index contributed by atoms with van der Waals surface area (Å²) in [4.78, 5) is 44.8. The van der Waals surface area contributed by atoms with Crippen molar-refractivity contribution in [2.24, 2.45) is 11.5 Å². The molecule has 1 aliphatic carbocycles. The molecule has 2 aromatic carbocycles. The van der Waals surface area contributed by atoms with Gasteiger partial charge in [0.15, 0.2) is 5.65 Å². The number of amides is 2. The van der Waals surface area contributed by atoms with Crippen molar-refractivity contribution in [3.8, 4) is 5.69 Å². The predicted molar refractivity (Wildman–Crippen MR) is 128 cm³/mol. The largest absolute Gasteiger partial charge is 0.369 e. The van der Waals surface area contributed by atoms with E-state index in [4.69, 9.17) is 11.5 Å². The number of hydrogen-bond donors (Lipinski definition) is 3. The summed E-state index contributed by atoms with van der Waals surface area (Å²) < 4.78 is 1.71. The van der Waals surface area contributed by atoms with E-state index in [1.807, 2.05) is 6.07 Å². The van der Waals surface area contributed by atoms with Crippen LogP contribution < -0.4 is 22.2 Å². The molecule has 0 saturated carbocycles. The lowest BCUT2D eigenvalue weighted by atomic mass is 10.1. The smallest absolute Gasteiger partial charge is 0.254 e. The number of anilines is 2. The molecule has 0 bridgehead atoms. The maximum atomic E-state index is 12.9. The second-order valence-corrected chi connectivity index (χ2v) is 8.31. The third-order valence-electron chi connectivity index (χ3n) is 5.96. The van der Waals surface area contributed by atoms with Gasteiger partial charge in [-0.15, -0.1) is 0 Å². The molecule has 5 rings (SSSR count). The van der Waals surface area contributed by atoms with Crippen molar-refractivity contribution in [3.05, 3.63) is 87.3 Å². The Balaban J connectivity index is 1.60. The summed E-state index contributed by atoms with van der Waals surface area (Å²) in [5, 5.41) is 3.30. The minimum atomic E-state index is -0.805. The number of aryl methyl sites for hydroxylation is 2. The molecule has 9 heteroatoms. The van der Waals surface area contributed by atoms with Gasteiger partial charge in [-0.3, -0.25) is 14.4 Å².